The van der Waals surface area contributed by atoms with E-state index in [1.807, 2.05) is 11.0 Å². The summed E-state index contributed by atoms with van der Waals surface area (Å²) in [7, 11) is 1.68. The molecule has 156 valence electrons. The van der Waals surface area contributed by atoms with Gasteiger partial charge in [0.05, 0.1) is 18.7 Å². The number of hydrogen-bond donors (Lipinski definition) is 1. The van der Waals surface area contributed by atoms with Crippen molar-refractivity contribution in [1.82, 2.24) is 15.2 Å². The molecule has 2 heterocycles. The van der Waals surface area contributed by atoms with Gasteiger partial charge in [-0.15, -0.1) is 0 Å². The van der Waals surface area contributed by atoms with E-state index in [-0.39, 0.29) is 0 Å². The summed E-state index contributed by atoms with van der Waals surface area (Å²) in [5.41, 5.74) is 0.878. The number of pyridine rings is 1. The second-order valence-electron chi connectivity index (χ2n) is 6.64. The van der Waals surface area contributed by atoms with Crippen LogP contribution >= 0.6 is 11.6 Å². The van der Waals surface area contributed by atoms with Crippen molar-refractivity contribution in [2.24, 2.45) is 4.99 Å². The van der Waals surface area contributed by atoms with Gasteiger partial charge in [0.25, 0.3) is 0 Å². The van der Waals surface area contributed by atoms with Crippen LogP contribution in [0.1, 0.15) is 22.8 Å². The van der Waals surface area contributed by atoms with Crippen molar-refractivity contribution in [3.8, 4) is 0 Å². The van der Waals surface area contributed by atoms with E-state index in [4.69, 9.17) is 16.3 Å². The highest BCUT2D eigenvalue weighted by atomic mass is 35.5. The minimum absolute atomic E-state index is 0.405. The highest BCUT2D eigenvalue weighted by Crippen LogP contribution is 2.32. The first kappa shape index (κ1) is 21.4. The van der Waals surface area contributed by atoms with Gasteiger partial charge in [-0.3, -0.25) is 4.99 Å². The van der Waals surface area contributed by atoms with Gasteiger partial charge in [-0.05, 0) is 35.7 Å². The van der Waals surface area contributed by atoms with E-state index in [1.165, 1.54) is 6.07 Å². The van der Waals surface area contributed by atoms with Gasteiger partial charge in [0.15, 0.2) is 5.96 Å². The van der Waals surface area contributed by atoms with Crippen LogP contribution < -0.4 is 5.32 Å². The fourth-order valence-electron chi connectivity index (χ4n) is 3.16. The summed E-state index contributed by atoms with van der Waals surface area (Å²) in [5.74, 6) is 0.687. The zero-order valence-corrected chi connectivity index (χ0v) is 16.7. The molecule has 2 aromatic rings. The van der Waals surface area contributed by atoms with Gasteiger partial charge >= 0.3 is 6.18 Å². The van der Waals surface area contributed by atoms with Crippen LogP contribution in [-0.2, 0) is 17.3 Å². The summed E-state index contributed by atoms with van der Waals surface area (Å²) in [4.78, 5) is 10.4. The molecule has 1 aliphatic heterocycles. The number of nitrogens with zero attached hydrogens (tertiary/aromatic N) is 3. The Labute approximate surface area is 172 Å². The van der Waals surface area contributed by atoms with Crippen molar-refractivity contribution in [3.05, 3.63) is 64.4 Å². The van der Waals surface area contributed by atoms with Crippen LogP contribution in [0.2, 0.25) is 5.15 Å². The Morgan fingerprint density at radius 2 is 2.17 bits per heavy atom. The summed E-state index contributed by atoms with van der Waals surface area (Å²) in [6, 6.07) is 8.94. The molecule has 0 spiro atoms. The summed E-state index contributed by atoms with van der Waals surface area (Å²) in [6.07, 6.45) is -2.36. The predicted octanol–water partition coefficient (Wildman–Crippen LogP) is 3.95. The van der Waals surface area contributed by atoms with Crippen molar-refractivity contribution >= 4 is 17.6 Å². The quantitative estimate of drug-likeness (QED) is 0.457. The van der Waals surface area contributed by atoms with Gasteiger partial charge in [-0.2, -0.15) is 13.2 Å². The van der Waals surface area contributed by atoms with Gasteiger partial charge < -0.3 is 15.0 Å². The molecule has 1 aromatic heterocycles. The molecule has 1 aromatic carbocycles. The third-order valence-electron chi connectivity index (χ3n) is 4.65. The molecule has 1 saturated heterocycles. The van der Waals surface area contributed by atoms with E-state index in [9.17, 15) is 13.2 Å². The van der Waals surface area contributed by atoms with Crippen LogP contribution in [-0.4, -0.2) is 49.1 Å². The number of hydrogen-bond acceptors (Lipinski definition) is 3. The van der Waals surface area contributed by atoms with Crippen LogP contribution in [0.25, 0.3) is 0 Å². The average molecular weight is 427 g/mol. The van der Waals surface area contributed by atoms with Crippen LogP contribution in [0.5, 0.6) is 0 Å². The van der Waals surface area contributed by atoms with E-state index in [0.717, 1.165) is 24.1 Å². The minimum Gasteiger partial charge on any atom is -0.370 e. The van der Waals surface area contributed by atoms with E-state index in [2.05, 4.69) is 15.3 Å². The van der Waals surface area contributed by atoms with E-state index < -0.39 is 17.8 Å². The van der Waals surface area contributed by atoms with Crippen molar-refractivity contribution < 1.29 is 17.9 Å². The molecule has 1 fully saturated rings. The SMILES string of the molecule is CN=C(NCCc1ccc(Cl)nc1)N1CCOC(c2cccc(C(F)(F)F)c2)C1. The smallest absolute Gasteiger partial charge is 0.370 e. The Balaban J connectivity index is 1.60. The number of halogens is 4. The van der Waals surface area contributed by atoms with Crippen molar-refractivity contribution in [3.63, 3.8) is 0 Å². The van der Waals surface area contributed by atoms with Crippen LogP contribution in [0, 0.1) is 0 Å². The Morgan fingerprint density at radius 1 is 1.34 bits per heavy atom. The van der Waals surface area contributed by atoms with Gasteiger partial charge in [0, 0.05) is 26.3 Å². The Hall–Kier alpha value is -2.32. The zero-order chi connectivity index (χ0) is 20.9. The molecule has 0 aliphatic carbocycles. The van der Waals surface area contributed by atoms with E-state index >= 15 is 0 Å². The van der Waals surface area contributed by atoms with Crippen molar-refractivity contribution in [1.29, 1.82) is 0 Å². The summed E-state index contributed by atoms with van der Waals surface area (Å²) >= 11 is 5.79. The molecule has 1 N–H and O–H groups in total. The lowest BCUT2D eigenvalue weighted by Crippen LogP contribution is -2.48. The number of benzene rings is 1. The monoisotopic (exact) mass is 426 g/mol. The lowest BCUT2D eigenvalue weighted by molar-refractivity contribution is -0.137. The summed E-state index contributed by atoms with van der Waals surface area (Å²) in [5, 5.41) is 3.74. The normalized spacial score (nSPS) is 18.0. The number of aromatic nitrogens is 1. The molecule has 0 bridgehead atoms. The number of aliphatic imine (C=N–C) groups is 1. The van der Waals surface area contributed by atoms with Crippen LogP contribution in [0.4, 0.5) is 13.2 Å². The van der Waals surface area contributed by atoms with Crippen molar-refractivity contribution in [2.45, 2.75) is 18.7 Å². The molecule has 3 rings (SSSR count). The molecule has 0 saturated carbocycles. The maximum Gasteiger partial charge on any atom is 0.416 e. The minimum atomic E-state index is -4.38. The molecule has 1 unspecified atom stereocenters. The van der Waals surface area contributed by atoms with Gasteiger partial charge in [0.2, 0.25) is 0 Å². The lowest BCUT2D eigenvalue weighted by atomic mass is 10.0. The van der Waals surface area contributed by atoms with E-state index in [1.54, 1.807) is 25.4 Å². The first-order chi connectivity index (χ1) is 13.9. The number of morpholine rings is 1. The zero-order valence-electron chi connectivity index (χ0n) is 15.9. The standard InChI is InChI=1S/C20H22ClF3N4O/c1-25-19(26-8-7-14-5-6-18(21)27-12-14)28-9-10-29-17(13-28)15-3-2-4-16(11-15)20(22,23)24/h2-6,11-12,17H,7-10,13H2,1H3,(H,25,26). The topological polar surface area (TPSA) is 49.8 Å². The molecule has 1 atom stereocenters. The Morgan fingerprint density at radius 3 is 2.86 bits per heavy atom. The summed E-state index contributed by atoms with van der Waals surface area (Å²) in [6.45, 7) is 2.07. The molecular formula is C20H22ClF3N4O. The van der Waals surface area contributed by atoms with Gasteiger partial charge in [0.1, 0.15) is 11.3 Å². The molecular weight excluding hydrogens is 405 g/mol. The molecule has 0 amide bonds. The molecule has 1 aliphatic rings. The fourth-order valence-corrected chi connectivity index (χ4v) is 3.28. The predicted molar refractivity (Wildman–Crippen MR) is 106 cm³/mol. The number of rotatable bonds is 4. The highest BCUT2D eigenvalue weighted by molar-refractivity contribution is 6.29. The maximum absolute atomic E-state index is 13.0. The number of ether oxygens (including phenoxy) is 1. The molecule has 29 heavy (non-hydrogen) atoms. The first-order valence-corrected chi connectivity index (χ1v) is 9.59. The lowest BCUT2D eigenvalue weighted by Gasteiger charge is -2.35. The third-order valence-corrected chi connectivity index (χ3v) is 4.87. The third kappa shape index (κ3) is 5.83. The number of guanidine groups is 1. The number of alkyl halides is 3. The van der Waals surface area contributed by atoms with Crippen LogP contribution in [0.3, 0.4) is 0 Å². The van der Waals surface area contributed by atoms with Crippen molar-refractivity contribution in [2.75, 3.05) is 33.3 Å². The Kier molecular flexibility index (Phi) is 6.97. The fraction of sp³-hybridized carbons (Fsp3) is 0.400. The number of nitrogens with one attached hydrogen (secondary N) is 1. The largest absolute Gasteiger partial charge is 0.416 e. The highest BCUT2D eigenvalue weighted by Gasteiger charge is 2.32. The second kappa shape index (κ2) is 9.45. The second-order valence-corrected chi connectivity index (χ2v) is 7.03. The van der Waals surface area contributed by atoms with Crippen LogP contribution in [0.15, 0.2) is 47.6 Å². The van der Waals surface area contributed by atoms with E-state index in [0.29, 0.717) is 42.9 Å². The summed E-state index contributed by atoms with van der Waals surface area (Å²) < 4.78 is 44.7. The molecule has 9 heteroatoms. The van der Waals surface area contributed by atoms with Gasteiger partial charge in [-0.1, -0.05) is 29.8 Å². The van der Waals surface area contributed by atoms with Gasteiger partial charge in [-0.25, -0.2) is 4.98 Å². The Bertz CT molecular complexity index is 842. The first-order valence-electron chi connectivity index (χ1n) is 9.21. The molecule has 5 nitrogen and oxygen atoms in total. The average Bonchev–Trinajstić information content (AvgIpc) is 2.72. The molecule has 0 radical (unpaired) electrons. The maximum atomic E-state index is 13.0.